The van der Waals surface area contributed by atoms with Crippen LogP contribution < -0.4 is 0 Å². The molecule has 1 N–H and O–H groups in total. The highest BCUT2D eigenvalue weighted by atomic mass is 32.2. The summed E-state index contributed by atoms with van der Waals surface area (Å²) < 4.78 is 41.8. The molecule has 3 aromatic carbocycles. The number of hydrogen-bond acceptors (Lipinski definition) is 3. The Balaban J connectivity index is 2.05. The number of halogens is 1. The Labute approximate surface area is 175 Å². The molecule has 0 bridgehead atoms. The number of aromatic carboxylic acids is 1. The van der Waals surface area contributed by atoms with Crippen molar-refractivity contribution in [2.45, 2.75) is 30.8 Å². The van der Waals surface area contributed by atoms with Gasteiger partial charge in [-0.25, -0.2) is 17.6 Å². The molecule has 1 atom stereocenters. The third kappa shape index (κ3) is 4.75. The third-order valence-corrected chi connectivity index (χ3v) is 6.75. The summed E-state index contributed by atoms with van der Waals surface area (Å²) in [5, 5.41) is 9.10. The molecule has 0 aromatic heterocycles. The van der Waals surface area contributed by atoms with Crippen LogP contribution in [0.25, 0.3) is 0 Å². The smallest absolute Gasteiger partial charge is 0.335 e. The molecule has 5 nitrogen and oxygen atoms in total. The van der Waals surface area contributed by atoms with Crippen LogP contribution in [0.5, 0.6) is 0 Å². The van der Waals surface area contributed by atoms with E-state index in [9.17, 15) is 17.6 Å². The standard InChI is InChI=1S/C23H22FNO4S/c1-2-22(18-6-4-3-5-7-18)25(16-17-8-10-19(11-9-17)23(26)27)30(28,29)21-14-12-20(24)13-15-21/h3-15,22H,2,16H2,1H3,(H,26,27). The normalized spacial score (nSPS) is 12.6. The highest BCUT2D eigenvalue weighted by molar-refractivity contribution is 7.89. The molecule has 0 saturated carbocycles. The number of benzene rings is 3. The predicted octanol–water partition coefficient (Wildman–Crippen LogP) is 4.87. The van der Waals surface area contributed by atoms with Crippen LogP contribution in [-0.4, -0.2) is 23.8 Å². The predicted molar refractivity (Wildman–Crippen MR) is 112 cm³/mol. The molecule has 0 radical (unpaired) electrons. The first-order chi connectivity index (χ1) is 14.3. The zero-order chi connectivity index (χ0) is 21.7. The molecule has 0 aliphatic rings. The lowest BCUT2D eigenvalue weighted by Crippen LogP contribution is -2.34. The first-order valence-corrected chi connectivity index (χ1v) is 10.9. The molecule has 30 heavy (non-hydrogen) atoms. The first kappa shape index (κ1) is 21.7. The second-order valence-corrected chi connectivity index (χ2v) is 8.73. The van der Waals surface area contributed by atoms with Crippen molar-refractivity contribution in [3.8, 4) is 0 Å². The maximum absolute atomic E-state index is 13.5. The lowest BCUT2D eigenvalue weighted by atomic mass is 10.0. The molecule has 7 heteroatoms. The van der Waals surface area contributed by atoms with Crippen LogP contribution in [0.2, 0.25) is 0 Å². The highest BCUT2D eigenvalue weighted by Crippen LogP contribution is 2.32. The Bertz CT molecular complexity index is 1100. The Hall–Kier alpha value is -3.03. The molecule has 0 amide bonds. The SMILES string of the molecule is CCC(c1ccccc1)N(Cc1ccc(C(=O)O)cc1)S(=O)(=O)c1ccc(F)cc1. The van der Waals surface area contributed by atoms with Crippen molar-refractivity contribution in [1.82, 2.24) is 4.31 Å². The summed E-state index contributed by atoms with van der Waals surface area (Å²) in [6.07, 6.45) is 0.525. The second kappa shape index (κ2) is 9.19. The lowest BCUT2D eigenvalue weighted by Gasteiger charge is -2.31. The molecule has 3 aromatic rings. The van der Waals surface area contributed by atoms with Gasteiger partial charge in [-0.2, -0.15) is 4.31 Å². The van der Waals surface area contributed by atoms with Crippen molar-refractivity contribution in [2.24, 2.45) is 0 Å². The fraction of sp³-hybridized carbons (Fsp3) is 0.174. The van der Waals surface area contributed by atoms with Crippen molar-refractivity contribution in [3.05, 3.63) is 101 Å². The minimum absolute atomic E-state index is 0.000405. The van der Waals surface area contributed by atoms with Crippen molar-refractivity contribution >= 4 is 16.0 Å². The van der Waals surface area contributed by atoms with E-state index in [1.165, 1.54) is 28.6 Å². The quantitative estimate of drug-likeness (QED) is 0.557. The summed E-state index contributed by atoms with van der Waals surface area (Å²) in [6, 6.07) is 19.7. The van der Waals surface area contributed by atoms with E-state index < -0.39 is 27.9 Å². The molecule has 0 fully saturated rings. The zero-order valence-electron chi connectivity index (χ0n) is 16.4. The third-order valence-electron chi connectivity index (χ3n) is 4.88. The minimum atomic E-state index is -3.95. The fourth-order valence-electron chi connectivity index (χ4n) is 3.32. The van der Waals surface area contributed by atoms with Gasteiger partial charge in [-0.05, 0) is 53.9 Å². The zero-order valence-corrected chi connectivity index (χ0v) is 17.2. The van der Waals surface area contributed by atoms with Gasteiger partial charge in [0.25, 0.3) is 0 Å². The van der Waals surface area contributed by atoms with Crippen LogP contribution in [0.1, 0.15) is 40.9 Å². The Morgan fingerprint density at radius 1 is 0.967 bits per heavy atom. The van der Waals surface area contributed by atoms with Crippen molar-refractivity contribution < 1.29 is 22.7 Å². The van der Waals surface area contributed by atoms with E-state index in [-0.39, 0.29) is 17.0 Å². The van der Waals surface area contributed by atoms with Gasteiger partial charge in [-0.15, -0.1) is 0 Å². The average molecular weight is 427 g/mol. The molecule has 0 spiro atoms. The molecule has 3 rings (SSSR count). The molecule has 0 heterocycles. The molecular weight excluding hydrogens is 405 g/mol. The van der Waals surface area contributed by atoms with Gasteiger partial charge in [0.1, 0.15) is 5.82 Å². The Morgan fingerprint density at radius 2 is 1.57 bits per heavy atom. The van der Waals surface area contributed by atoms with Gasteiger partial charge in [-0.3, -0.25) is 0 Å². The first-order valence-electron chi connectivity index (χ1n) is 9.47. The van der Waals surface area contributed by atoms with Gasteiger partial charge >= 0.3 is 5.97 Å². The topological polar surface area (TPSA) is 74.7 Å². The van der Waals surface area contributed by atoms with Gasteiger partial charge in [-0.1, -0.05) is 49.4 Å². The van der Waals surface area contributed by atoms with E-state index in [4.69, 9.17) is 5.11 Å². The minimum Gasteiger partial charge on any atom is -0.478 e. The number of carboxylic acids is 1. The van der Waals surface area contributed by atoms with Gasteiger partial charge in [0, 0.05) is 6.54 Å². The van der Waals surface area contributed by atoms with Gasteiger partial charge < -0.3 is 5.11 Å². The van der Waals surface area contributed by atoms with Crippen LogP contribution in [0.15, 0.2) is 83.8 Å². The van der Waals surface area contributed by atoms with E-state index in [0.29, 0.717) is 12.0 Å². The summed E-state index contributed by atoms with van der Waals surface area (Å²) >= 11 is 0. The number of carboxylic acid groups (broad SMARTS) is 1. The van der Waals surface area contributed by atoms with Gasteiger partial charge in [0.15, 0.2) is 0 Å². The van der Waals surface area contributed by atoms with Crippen LogP contribution in [-0.2, 0) is 16.6 Å². The summed E-state index contributed by atoms with van der Waals surface area (Å²) in [7, 11) is -3.95. The van der Waals surface area contributed by atoms with Crippen molar-refractivity contribution in [2.75, 3.05) is 0 Å². The molecule has 0 aliphatic heterocycles. The summed E-state index contributed by atoms with van der Waals surface area (Å²) in [5.74, 6) is -1.56. The molecule has 156 valence electrons. The monoisotopic (exact) mass is 427 g/mol. The summed E-state index contributed by atoms with van der Waals surface area (Å²) in [6.45, 7) is 1.95. The van der Waals surface area contributed by atoms with Gasteiger partial charge in [0.05, 0.1) is 16.5 Å². The van der Waals surface area contributed by atoms with E-state index in [1.807, 2.05) is 37.3 Å². The molecule has 0 aliphatic carbocycles. The number of sulfonamides is 1. The van der Waals surface area contributed by atoms with Crippen LogP contribution in [0.3, 0.4) is 0 Å². The largest absolute Gasteiger partial charge is 0.478 e. The number of nitrogens with zero attached hydrogens (tertiary/aromatic N) is 1. The Morgan fingerprint density at radius 3 is 2.10 bits per heavy atom. The molecular formula is C23H22FNO4S. The van der Waals surface area contributed by atoms with E-state index in [1.54, 1.807) is 12.1 Å². The maximum atomic E-state index is 13.5. The van der Waals surface area contributed by atoms with E-state index >= 15 is 0 Å². The van der Waals surface area contributed by atoms with Crippen LogP contribution in [0, 0.1) is 5.82 Å². The summed E-state index contributed by atoms with van der Waals surface area (Å²) in [5.41, 5.74) is 1.62. The Kier molecular flexibility index (Phi) is 6.64. The maximum Gasteiger partial charge on any atom is 0.335 e. The highest BCUT2D eigenvalue weighted by Gasteiger charge is 2.31. The van der Waals surface area contributed by atoms with Crippen molar-refractivity contribution in [1.29, 1.82) is 0 Å². The average Bonchev–Trinajstić information content (AvgIpc) is 2.75. The molecule has 1 unspecified atom stereocenters. The summed E-state index contributed by atoms with van der Waals surface area (Å²) in [4.78, 5) is 11.1. The number of rotatable bonds is 8. The van der Waals surface area contributed by atoms with E-state index in [0.717, 1.165) is 17.7 Å². The molecule has 0 saturated heterocycles. The van der Waals surface area contributed by atoms with Crippen molar-refractivity contribution in [3.63, 3.8) is 0 Å². The number of hydrogen-bond donors (Lipinski definition) is 1. The van der Waals surface area contributed by atoms with Gasteiger partial charge in [0.2, 0.25) is 10.0 Å². The lowest BCUT2D eigenvalue weighted by molar-refractivity contribution is 0.0697. The fourth-order valence-corrected chi connectivity index (χ4v) is 4.99. The van der Waals surface area contributed by atoms with Crippen LogP contribution in [0.4, 0.5) is 4.39 Å². The van der Waals surface area contributed by atoms with E-state index in [2.05, 4.69) is 0 Å². The second-order valence-electron chi connectivity index (χ2n) is 6.84. The van der Waals surface area contributed by atoms with Crippen LogP contribution >= 0.6 is 0 Å². The number of carbonyl (C=O) groups is 1.